The number of rotatable bonds is 9. The quantitative estimate of drug-likeness (QED) is 0.268. The molecule has 1 saturated heterocycles. The molecule has 2 rings (SSSR count). The summed E-state index contributed by atoms with van der Waals surface area (Å²) in [6.45, 7) is 8.00. The van der Waals surface area contributed by atoms with Crippen molar-refractivity contribution < 1.29 is 9.64 Å². The highest BCUT2D eigenvalue weighted by Gasteiger charge is 2.12. The summed E-state index contributed by atoms with van der Waals surface area (Å²) in [6.07, 6.45) is 4.54. The van der Waals surface area contributed by atoms with Crippen LogP contribution in [0, 0.1) is 0 Å². The summed E-state index contributed by atoms with van der Waals surface area (Å²) in [5, 5.41) is 8.42. The second kappa shape index (κ2) is 12.0. The Morgan fingerprint density at radius 1 is 1.20 bits per heavy atom. The number of hydrazone groups is 1. The molecule has 25 heavy (non-hydrogen) atoms. The number of hydrogen-bond acceptors (Lipinski definition) is 3. The van der Waals surface area contributed by atoms with Crippen LogP contribution in [-0.2, 0) is 4.74 Å². The molecule has 0 saturated carbocycles. The van der Waals surface area contributed by atoms with Gasteiger partial charge in [0.1, 0.15) is 13.1 Å². The van der Waals surface area contributed by atoms with Gasteiger partial charge in [-0.05, 0) is 30.6 Å². The van der Waals surface area contributed by atoms with E-state index in [4.69, 9.17) is 17.0 Å². The highest BCUT2D eigenvalue weighted by atomic mass is 32.1. The minimum absolute atomic E-state index is 0.594. The Morgan fingerprint density at radius 2 is 1.96 bits per heavy atom. The molecule has 0 spiro atoms. The van der Waals surface area contributed by atoms with Crippen LogP contribution in [0.5, 0.6) is 0 Å². The van der Waals surface area contributed by atoms with E-state index in [0.29, 0.717) is 5.11 Å². The summed E-state index contributed by atoms with van der Waals surface area (Å²) in [5.41, 5.74) is 5.25. The molecule has 1 fully saturated rings. The van der Waals surface area contributed by atoms with E-state index in [1.54, 1.807) is 4.90 Å². The zero-order chi connectivity index (χ0) is 17.7. The van der Waals surface area contributed by atoms with E-state index in [-0.39, 0.29) is 0 Å². The summed E-state index contributed by atoms with van der Waals surface area (Å²) >= 11 is 5.36. The van der Waals surface area contributed by atoms with Crippen molar-refractivity contribution in [2.75, 3.05) is 39.4 Å². The van der Waals surface area contributed by atoms with Crippen molar-refractivity contribution in [1.29, 1.82) is 0 Å². The zero-order valence-electron chi connectivity index (χ0n) is 15.2. The summed E-state index contributed by atoms with van der Waals surface area (Å²) in [5.74, 6) is 0. The van der Waals surface area contributed by atoms with E-state index in [9.17, 15) is 0 Å². The molecule has 1 heterocycles. The van der Waals surface area contributed by atoms with Gasteiger partial charge in [-0.2, -0.15) is 5.10 Å². The van der Waals surface area contributed by atoms with Crippen LogP contribution >= 0.6 is 12.2 Å². The van der Waals surface area contributed by atoms with Crippen molar-refractivity contribution >= 4 is 23.0 Å². The van der Waals surface area contributed by atoms with Crippen LogP contribution in [0.2, 0.25) is 0 Å². The number of morpholine rings is 1. The molecule has 0 unspecified atom stereocenters. The molecule has 1 aliphatic rings. The van der Waals surface area contributed by atoms with Gasteiger partial charge in [-0.3, -0.25) is 5.43 Å². The van der Waals surface area contributed by atoms with Crippen molar-refractivity contribution in [1.82, 2.24) is 10.7 Å². The number of nitrogens with one attached hydrogen (secondary N) is 3. The molecule has 0 bridgehead atoms. The van der Waals surface area contributed by atoms with Gasteiger partial charge >= 0.3 is 0 Å². The first-order valence-corrected chi connectivity index (χ1v) is 9.77. The Morgan fingerprint density at radius 3 is 2.68 bits per heavy atom. The Labute approximate surface area is 156 Å². The topological polar surface area (TPSA) is 50.1 Å². The average Bonchev–Trinajstić information content (AvgIpc) is 2.66. The van der Waals surface area contributed by atoms with Gasteiger partial charge in [0.15, 0.2) is 5.11 Å². The van der Waals surface area contributed by atoms with Crippen LogP contribution in [0.15, 0.2) is 35.4 Å². The first-order chi connectivity index (χ1) is 12.3. The lowest BCUT2D eigenvalue weighted by atomic mass is 10.0. The molecule has 3 N–H and O–H groups in total. The van der Waals surface area contributed by atoms with E-state index in [2.05, 4.69) is 34.9 Å². The highest BCUT2D eigenvalue weighted by molar-refractivity contribution is 7.80. The van der Waals surface area contributed by atoms with E-state index in [0.717, 1.165) is 63.5 Å². The van der Waals surface area contributed by atoms with E-state index in [1.165, 1.54) is 12.8 Å². The van der Waals surface area contributed by atoms with Gasteiger partial charge in [-0.25, -0.2) is 0 Å². The van der Waals surface area contributed by atoms with Crippen molar-refractivity contribution in [3.05, 3.63) is 35.9 Å². The summed E-state index contributed by atoms with van der Waals surface area (Å²) in [7, 11) is 0. The molecule has 0 atom stereocenters. The summed E-state index contributed by atoms with van der Waals surface area (Å²) in [6, 6.07) is 10.3. The highest BCUT2D eigenvalue weighted by Crippen LogP contribution is 2.09. The molecular formula is C19H31N4OS+. The third-order valence-corrected chi connectivity index (χ3v) is 4.62. The number of nitrogens with zero attached hydrogens (tertiary/aromatic N) is 1. The molecule has 0 amide bonds. The largest absolute Gasteiger partial charge is 0.370 e. The summed E-state index contributed by atoms with van der Waals surface area (Å²) < 4.78 is 5.38. The molecule has 1 aliphatic heterocycles. The number of thiocarbonyl (C=S) groups is 1. The van der Waals surface area contributed by atoms with Crippen LogP contribution in [0.25, 0.3) is 0 Å². The molecule has 5 nitrogen and oxygen atoms in total. The molecule has 1 aromatic rings. The van der Waals surface area contributed by atoms with Crippen molar-refractivity contribution in [2.45, 2.75) is 32.6 Å². The fourth-order valence-electron chi connectivity index (χ4n) is 2.86. The van der Waals surface area contributed by atoms with Gasteiger partial charge in [0, 0.05) is 0 Å². The van der Waals surface area contributed by atoms with Crippen LogP contribution < -0.4 is 15.6 Å². The number of unbranched alkanes of at least 4 members (excludes halogenated alkanes) is 2. The normalized spacial score (nSPS) is 15.8. The lowest BCUT2D eigenvalue weighted by Crippen LogP contribution is -3.14. The predicted molar refractivity (Wildman–Crippen MR) is 107 cm³/mol. The lowest BCUT2D eigenvalue weighted by molar-refractivity contribution is -0.906. The second-order valence-corrected chi connectivity index (χ2v) is 6.77. The van der Waals surface area contributed by atoms with Crippen LogP contribution in [0.3, 0.4) is 0 Å². The Kier molecular flexibility index (Phi) is 9.47. The molecule has 1 aromatic carbocycles. The Hall–Kier alpha value is -1.50. The van der Waals surface area contributed by atoms with E-state index < -0.39 is 0 Å². The first-order valence-electron chi connectivity index (χ1n) is 9.36. The molecular weight excluding hydrogens is 332 g/mol. The molecule has 0 aromatic heterocycles. The minimum Gasteiger partial charge on any atom is -0.370 e. The molecule has 138 valence electrons. The summed E-state index contributed by atoms with van der Waals surface area (Å²) in [4.78, 5) is 1.56. The van der Waals surface area contributed by atoms with Crippen LogP contribution in [0.1, 0.15) is 38.2 Å². The number of ether oxygens (including phenoxy) is 1. The number of quaternary nitrogens is 1. The van der Waals surface area contributed by atoms with Gasteiger partial charge in [0.05, 0.1) is 32.0 Å². The predicted octanol–water partition coefficient (Wildman–Crippen LogP) is 1.35. The zero-order valence-corrected chi connectivity index (χ0v) is 16.0. The average molecular weight is 364 g/mol. The second-order valence-electron chi connectivity index (χ2n) is 6.36. The van der Waals surface area contributed by atoms with Crippen LogP contribution in [0.4, 0.5) is 0 Å². The maximum Gasteiger partial charge on any atom is 0.187 e. The van der Waals surface area contributed by atoms with Gasteiger partial charge < -0.3 is 15.0 Å². The lowest BCUT2D eigenvalue weighted by Gasteiger charge is -2.23. The fourth-order valence-corrected chi connectivity index (χ4v) is 3.01. The minimum atomic E-state index is 0.594. The van der Waals surface area contributed by atoms with E-state index in [1.807, 2.05) is 18.2 Å². The van der Waals surface area contributed by atoms with Gasteiger partial charge in [-0.1, -0.05) is 50.1 Å². The number of benzene rings is 1. The number of hydrogen-bond donors (Lipinski definition) is 3. The van der Waals surface area contributed by atoms with Crippen molar-refractivity contribution in [3.8, 4) is 0 Å². The van der Waals surface area contributed by atoms with Crippen LogP contribution in [-0.4, -0.2) is 50.2 Å². The third-order valence-electron chi connectivity index (χ3n) is 4.38. The Bertz CT molecular complexity index is 529. The fraction of sp³-hybridized carbons (Fsp3) is 0.579. The monoisotopic (exact) mass is 363 g/mol. The van der Waals surface area contributed by atoms with Crippen molar-refractivity contribution in [2.24, 2.45) is 5.10 Å². The molecule has 0 radical (unpaired) electrons. The molecule has 6 heteroatoms. The molecule has 0 aliphatic carbocycles. The maximum atomic E-state index is 5.38. The van der Waals surface area contributed by atoms with Gasteiger partial charge in [-0.15, -0.1) is 0 Å². The third kappa shape index (κ3) is 7.94. The SMILES string of the molecule is CCCCC/C(=N/NC(=S)NCC[NH+]1CCOCC1)c1ccccc1. The first kappa shape index (κ1) is 19.8. The van der Waals surface area contributed by atoms with Crippen molar-refractivity contribution in [3.63, 3.8) is 0 Å². The maximum absolute atomic E-state index is 5.38. The standard InChI is InChI=1S/C19H30N4OS/c1-2-3-5-10-18(17-8-6-4-7-9-17)21-22-19(25)20-11-12-23-13-15-24-16-14-23/h4,6-9H,2-3,5,10-16H2,1H3,(H2,20,22,25)/p+1/b21-18-. The smallest absolute Gasteiger partial charge is 0.187 e. The van der Waals surface area contributed by atoms with Gasteiger partial charge in [0.25, 0.3) is 0 Å². The van der Waals surface area contributed by atoms with E-state index >= 15 is 0 Å². The van der Waals surface area contributed by atoms with Gasteiger partial charge in [0.2, 0.25) is 0 Å². The Balaban J connectivity index is 1.78.